The van der Waals surface area contributed by atoms with Crippen molar-refractivity contribution in [3.63, 3.8) is 0 Å². The minimum absolute atomic E-state index is 0.691. The van der Waals surface area contributed by atoms with E-state index in [1.165, 1.54) is 0 Å². The summed E-state index contributed by atoms with van der Waals surface area (Å²) < 4.78 is 5.28. The third-order valence-corrected chi connectivity index (χ3v) is 4.63. The van der Waals surface area contributed by atoms with Crippen molar-refractivity contribution in [3.8, 4) is 5.75 Å². The molecule has 0 unspecified atom stereocenters. The Labute approximate surface area is 168 Å². The number of hydrogen-bond donors (Lipinski definition) is 2. The van der Waals surface area contributed by atoms with Crippen LogP contribution >= 0.6 is 11.6 Å². The van der Waals surface area contributed by atoms with Crippen molar-refractivity contribution >= 4 is 39.7 Å². The molecule has 1 aromatic heterocycles. The van der Waals surface area contributed by atoms with Gasteiger partial charge >= 0.3 is 0 Å². The normalized spacial score (nSPS) is 10.6. The van der Waals surface area contributed by atoms with Gasteiger partial charge in [-0.25, -0.2) is 9.97 Å². The lowest BCUT2D eigenvalue weighted by atomic mass is 10.1. The number of anilines is 3. The molecule has 0 amide bonds. The number of nitrogens with one attached hydrogen (secondary N) is 2. The van der Waals surface area contributed by atoms with E-state index < -0.39 is 0 Å². The first-order chi connectivity index (χ1) is 13.7. The van der Waals surface area contributed by atoms with Gasteiger partial charge in [0.15, 0.2) is 0 Å². The molecule has 0 aliphatic rings. The highest BCUT2D eigenvalue weighted by Crippen LogP contribution is 2.26. The molecule has 0 radical (unpaired) electrons. The molecule has 140 valence electrons. The molecule has 4 rings (SSSR count). The zero-order valence-electron chi connectivity index (χ0n) is 15.3. The fourth-order valence-corrected chi connectivity index (χ4v) is 3.05. The number of rotatable bonds is 6. The Kier molecular flexibility index (Phi) is 5.26. The Morgan fingerprint density at radius 3 is 2.57 bits per heavy atom. The molecular formula is C22H19ClN4O. The van der Waals surface area contributed by atoms with Crippen molar-refractivity contribution in [1.29, 1.82) is 0 Å². The van der Waals surface area contributed by atoms with Crippen molar-refractivity contribution < 1.29 is 4.74 Å². The standard InChI is InChI=1S/C22H19ClN4O/c1-28-19-4-2-3-15(11-19)13-24-18-9-10-21-20(12-18)22(26-14-25-21)27-17-7-5-16(23)6-8-17/h2-12,14,24H,13H2,1H3,(H,25,26,27). The van der Waals surface area contributed by atoms with Crippen LogP contribution in [-0.2, 0) is 6.54 Å². The summed E-state index contributed by atoms with van der Waals surface area (Å²) in [5.74, 6) is 1.60. The number of aromatic nitrogens is 2. The summed E-state index contributed by atoms with van der Waals surface area (Å²) >= 11 is 5.97. The first-order valence-corrected chi connectivity index (χ1v) is 9.23. The average molecular weight is 391 g/mol. The molecule has 4 aromatic rings. The van der Waals surface area contributed by atoms with Gasteiger partial charge in [-0.3, -0.25) is 0 Å². The largest absolute Gasteiger partial charge is 0.497 e. The number of hydrogen-bond acceptors (Lipinski definition) is 5. The van der Waals surface area contributed by atoms with Crippen LogP contribution in [0.5, 0.6) is 5.75 Å². The monoisotopic (exact) mass is 390 g/mol. The van der Waals surface area contributed by atoms with Crippen LogP contribution in [0.3, 0.4) is 0 Å². The van der Waals surface area contributed by atoms with Crippen LogP contribution in [0.1, 0.15) is 5.56 Å². The molecule has 5 nitrogen and oxygen atoms in total. The summed E-state index contributed by atoms with van der Waals surface area (Å²) in [5.41, 5.74) is 3.92. The van der Waals surface area contributed by atoms with Gasteiger partial charge < -0.3 is 15.4 Å². The van der Waals surface area contributed by atoms with Crippen LogP contribution in [0.15, 0.2) is 73.1 Å². The summed E-state index contributed by atoms with van der Waals surface area (Å²) in [6.07, 6.45) is 1.56. The van der Waals surface area contributed by atoms with Gasteiger partial charge in [0, 0.05) is 28.3 Å². The quantitative estimate of drug-likeness (QED) is 0.445. The van der Waals surface area contributed by atoms with Gasteiger partial charge in [0.05, 0.1) is 12.6 Å². The smallest absolute Gasteiger partial charge is 0.141 e. The summed E-state index contributed by atoms with van der Waals surface area (Å²) in [6, 6.07) is 21.6. The van der Waals surface area contributed by atoms with Crippen molar-refractivity contribution in [2.75, 3.05) is 17.7 Å². The zero-order chi connectivity index (χ0) is 19.3. The fraction of sp³-hybridized carbons (Fsp3) is 0.0909. The third kappa shape index (κ3) is 4.15. The van der Waals surface area contributed by atoms with E-state index in [1.54, 1.807) is 13.4 Å². The molecule has 0 atom stereocenters. The molecule has 1 heterocycles. The second-order valence-corrected chi connectivity index (χ2v) is 6.73. The average Bonchev–Trinajstić information content (AvgIpc) is 2.74. The maximum atomic E-state index is 5.97. The number of methoxy groups -OCH3 is 1. The Bertz CT molecular complexity index is 1100. The van der Waals surface area contributed by atoms with Gasteiger partial charge in [0.2, 0.25) is 0 Å². The number of fused-ring (bicyclic) bond motifs is 1. The van der Waals surface area contributed by atoms with E-state index in [9.17, 15) is 0 Å². The highest BCUT2D eigenvalue weighted by atomic mass is 35.5. The highest BCUT2D eigenvalue weighted by molar-refractivity contribution is 6.30. The molecule has 0 saturated carbocycles. The molecule has 0 bridgehead atoms. The molecule has 6 heteroatoms. The summed E-state index contributed by atoms with van der Waals surface area (Å²) in [4.78, 5) is 8.77. The van der Waals surface area contributed by atoms with Crippen molar-refractivity contribution in [1.82, 2.24) is 9.97 Å². The molecular weight excluding hydrogens is 372 g/mol. The van der Waals surface area contributed by atoms with Crippen LogP contribution in [0, 0.1) is 0 Å². The molecule has 28 heavy (non-hydrogen) atoms. The van der Waals surface area contributed by atoms with Crippen molar-refractivity contribution in [2.24, 2.45) is 0 Å². The second kappa shape index (κ2) is 8.15. The SMILES string of the molecule is COc1cccc(CNc2ccc3ncnc(Nc4ccc(Cl)cc4)c3c2)c1. The highest BCUT2D eigenvalue weighted by Gasteiger charge is 2.06. The van der Waals surface area contributed by atoms with Gasteiger partial charge in [0.25, 0.3) is 0 Å². The molecule has 2 N–H and O–H groups in total. The lowest BCUT2D eigenvalue weighted by Crippen LogP contribution is -2.01. The van der Waals surface area contributed by atoms with Crippen molar-refractivity contribution in [2.45, 2.75) is 6.54 Å². The zero-order valence-corrected chi connectivity index (χ0v) is 16.1. The predicted molar refractivity (Wildman–Crippen MR) is 115 cm³/mol. The minimum atomic E-state index is 0.691. The number of benzene rings is 3. The van der Waals surface area contributed by atoms with Crippen LogP contribution in [0.4, 0.5) is 17.2 Å². The van der Waals surface area contributed by atoms with E-state index >= 15 is 0 Å². The van der Waals surface area contributed by atoms with E-state index in [0.717, 1.165) is 39.4 Å². The van der Waals surface area contributed by atoms with Gasteiger partial charge in [0.1, 0.15) is 17.9 Å². The molecule has 0 spiro atoms. The summed E-state index contributed by atoms with van der Waals surface area (Å²) in [7, 11) is 1.67. The van der Waals surface area contributed by atoms with Gasteiger partial charge in [-0.15, -0.1) is 0 Å². The van der Waals surface area contributed by atoms with Gasteiger partial charge in [-0.05, 0) is 60.2 Å². The molecule has 0 aliphatic carbocycles. The van der Waals surface area contributed by atoms with Crippen LogP contribution in [0.25, 0.3) is 10.9 Å². The number of halogens is 1. The second-order valence-electron chi connectivity index (χ2n) is 6.29. The minimum Gasteiger partial charge on any atom is -0.497 e. The lowest BCUT2D eigenvalue weighted by molar-refractivity contribution is 0.414. The van der Waals surface area contributed by atoms with Crippen molar-refractivity contribution in [3.05, 3.63) is 83.6 Å². The van der Waals surface area contributed by atoms with E-state index in [-0.39, 0.29) is 0 Å². The lowest BCUT2D eigenvalue weighted by Gasteiger charge is -2.11. The predicted octanol–water partition coefficient (Wildman–Crippen LogP) is 5.65. The topological polar surface area (TPSA) is 59.1 Å². The Balaban J connectivity index is 1.57. The maximum absolute atomic E-state index is 5.97. The molecule has 3 aromatic carbocycles. The summed E-state index contributed by atoms with van der Waals surface area (Å²) in [6.45, 7) is 0.691. The summed E-state index contributed by atoms with van der Waals surface area (Å²) in [5, 5.41) is 8.42. The molecule has 0 aliphatic heterocycles. The number of ether oxygens (including phenoxy) is 1. The first-order valence-electron chi connectivity index (χ1n) is 8.85. The van der Waals surface area contributed by atoms with E-state index in [0.29, 0.717) is 11.6 Å². The molecule has 0 fully saturated rings. The van der Waals surface area contributed by atoms with Gasteiger partial charge in [-0.2, -0.15) is 0 Å². The van der Waals surface area contributed by atoms with Gasteiger partial charge in [-0.1, -0.05) is 23.7 Å². The maximum Gasteiger partial charge on any atom is 0.141 e. The third-order valence-electron chi connectivity index (χ3n) is 4.37. The Morgan fingerprint density at radius 2 is 1.75 bits per heavy atom. The van der Waals surface area contributed by atoms with E-state index in [4.69, 9.17) is 16.3 Å². The van der Waals surface area contributed by atoms with E-state index in [2.05, 4.69) is 26.7 Å². The van der Waals surface area contributed by atoms with E-state index in [1.807, 2.05) is 60.7 Å². The van der Waals surface area contributed by atoms with Crippen LogP contribution < -0.4 is 15.4 Å². The molecule has 0 saturated heterocycles. The Hall–Kier alpha value is -3.31. The Morgan fingerprint density at radius 1 is 0.929 bits per heavy atom. The van der Waals surface area contributed by atoms with Crippen LogP contribution in [0.2, 0.25) is 5.02 Å². The fourth-order valence-electron chi connectivity index (χ4n) is 2.92. The van der Waals surface area contributed by atoms with Crippen LogP contribution in [-0.4, -0.2) is 17.1 Å². The first kappa shape index (κ1) is 18.1. The number of nitrogens with zero attached hydrogens (tertiary/aromatic N) is 2.